The number of nitrogens with one attached hydrogen (secondary N) is 1. The van der Waals surface area contributed by atoms with Crippen molar-refractivity contribution in [3.05, 3.63) is 50.3 Å². The van der Waals surface area contributed by atoms with E-state index in [4.69, 9.17) is 11.6 Å². The molecule has 2 aromatic rings. The van der Waals surface area contributed by atoms with Gasteiger partial charge in [0.15, 0.2) is 0 Å². The molecule has 0 atom stereocenters. The van der Waals surface area contributed by atoms with Gasteiger partial charge in [0, 0.05) is 13.0 Å². The fourth-order valence-corrected chi connectivity index (χ4v) is 2.73. The molecular weight excluding hydrogens is 389 g/mol. The van der Waals surface area contributed by atoms with Crippen molar-refractivity contribution in [2.24, 2.45) is 0 Å². The zero-order valence-electron chi connectivity index (χ0n) is 14.4. The van der Waals surface area contributed by atoms with Crippen molar-refractivity contribution in [3.63, 3.8) is 0 Å². The summed E-state index contributed by atoms with van der Waals surface area (Å²) in [7, 11) is 0. The molecule has 27 heavy (non-hydrogen) atoms. The molecule has 0 radical (unpaired) electrons. The van der Waals surface area contributed by atoms with Crippen LogP contribution in [0.1, 0.15) is 29.8 Å². The minimum Gasteiger partial charge on any atom is -0.325 e. The van der Waals surface area contributed by atoms with Crippen molar-refractivity contribution in [1.82, 2.24) is 9.78 Å². The summed E-state index contributed by atoms with van der Waals surface area (Å²) in [6, 6.07) is 2.66. The summed E-state index contributed by atoms with van der Waals surface area (Å²) in [4.78, 5) is 22.4. The van der Waals surface area contributed by atoms with Gasteiger partial charge in [-0.15, -0.1) is 0 Å². The molecule has 1 amide bonds. The van der Waals surface area contributed by atoms with Crippen molar-refractivity contribution in [3.8, 4) is 0 Å². The Morgan fingerprint density at radius 1 is 1.37 bits per heavy atom. The van der Waals surface area contributed by atoms with E-state index < -0.39 is 22.6 Å². The average molecular weight is 405 g/mol. The van der Waals surface area contributed by atoms with Crippen molar-refractivity contribution in [2.75, 3.05) is 5.32 Å². The van der Waals surface area contributed by atoms with Gasteiger partial charge in [-0.3, -0.25) is 19.6 Å². The standard InChI is InChI=1S/C16H16ClF3N4O3/c1-9-15(24(26)27)10(2)23(22-9)7-3-4-14(25)21-13-8-11(16(18,19)20)5-6-12(13)17/h5-6,8H,3-4,7H2,1-2H3,(H,21,25). The van der Waals surface area contributed by atoms with Gasteiger partial charge >= 0.3 is 11.9 Å². The number of nitrogens with zero attached hydrogens (tertiary/aromatic N) is 3. The first kappa shape index (κ1) is 20.7. The zero-order valence-corrected chi connectivity index (χ0v) is 15.2. The maximum atomic E-state index is 12.7. The third-order valence-electron chi connectivity index (χ3n) is 3.87. The zero-order chi connectivity index (χ0) is 20.4. The van der Waals surface area contributed by atoms with Gasteiger partial charge in [-0.05, 0) is 38.5 Å². The number of carbonyl (C=O) groups is 1. The molecule has 1 N–H and O–H groups in total. The fourth-order valence-electron chi connectivity index (χ4n) is 2.57. The smallest absolute Gasteiger partial charge is 0.325 e. The molecule has 0 spiro atoms. The van der Waals surface area contributed by atoms with E-state index in [0.717, 1.165) is 18.2 Å². The number of amides is 1. The van der Waals surface area contributed by atoms with Gasteiger partial charge in [0.1, 0.15) is 11.4 Å². The second-order valence-corrected chi connectivity index (χ2v) is 6.25. The monoisotopic (exact) mass is 404 g/mol. The van der Waals surface area contributed by atoms with Crippen LogP contribution in [-0.4, -0.2) is 20.6 Å². The highest BCUT2D eigenvalue weighted by atomic mass is 35.5. The summed E-state index contributed by atoms with van der Waals surface area (Å²) in [6.45, 7) is 3.33. The van der Waals surface area contributed by atoms with Gasteiger partial charge in [-0.1, -0.05) is 11.6 Å². The maximum Gasteiger partial charge on any atom is 0.416 e. The highest BCUT2D eigenvalue weighted by Gasteiger charge is 2.31. The second-order valence-electron chi connectivity index (χ2n) is 5.84. The Bertz CT molecular complexity index is 881. The summed E-state index contributed by atoms with van der Waals surface area (Å²) in [5.74, 6) is -0.521. The molecule has 1 aromatic heterocycles. The normalized spacial score (nSPS) is 11.5. The van der Waals surface area contributed by atoms with Gasteiger partial charge in [-0.25, -0.2) is 0 Å². The summed E-state index contributed by atoms with van der Waals surface area (Å²) in [5, 5.41) is 17.4. The molecule has 2 rings (SSSR count). The third kappa shape index (κ3) is 4.97. The van der Waals surface area contributed by atoms with Crippen LogP contribution in [0.3, 0.4) is 0 Å². The van der Waals surface area contributed by atoms with E-state index >= 15 is 0 Å². The van der Waals surface area contributed by atoms with Crippen LogP contribution in [-0.2, 0) is 17.5 Å². The molecule has 7 nitrogen and oxygen atoms in total. The van der Waals surface area contributed by atoms with E-state index in [-0.39, 0.29) is 35.1 Å². The molecule has 0 aliphatic rings. The van der Waals surface area contributed by atoms with E-state index in [1.54, 1.807) is 6.92 Å². The second kappa shape index (κ2) is 7.95. The van der Waals surface area contributed by atoms with Crippen LogP contribution in [0.2, 0.25) is 5.02 Å². The van der Waals surface area contributed by atoms with Crippen LogP contribution in [0.5, 0.6) is 0 Å². The molecule has 1 aromatic carbocycles. The third-order valence-corrected chi connectivity index (χ3v) is 4.20. The van der Waals surface area contributed by atoms with Crippen LogP contribution in [0.15, 0.2) is 18.2 Å². The molecule has 0 saturated heterocycles. The summed E-state index contributed by atoms with van der Waals surface area (Å²) >= 11 is 5.83. The number of carbonyl (C=O) groups excluding carboxylic acids is 1. The molecule has 0 aliphatic heterocycles. The van der Waals surface area contributed by atoms with Crippen LogP contribution < -0.4 is 5.32 Å². The molecule has 0 fully saturated rings. The van der Waals surface area contributed by atoms with E-state index in [9.17, 15) is 28.1 Å². The van der Waals surface area contributed by atoms with Crippen molar-refractivity contribution in [2.45, 2.75) is 39.4 Å². The molecule has 146 valence electrons. The highest BCUT2D eigenvalue weighted by Crippen LogP contribution is 2.33. The number of halogens is 4. The Morgan fingerprint density at radius 3 is 2.59 bits per heavy atom. The largest absolute Gasteiger partial charge is 0.416 e. The summed E-state index contributed by atoms with van der Waals surface area (Å²) in [6.07, 6.45) is -4.27. The van der Waals surface area contributed by atoms with Crippen molar-refractivity contribution >= 4 is 28.9 Å². The Labute approximate surface area is 157 Å². The number of nitro groups is 1. The van der Waals surface area contributed by atoms with E-state index in [1.807, 2.05) is 0 Å². The van der Waals surface area contributed by atoms with E-state index in [0.29, 0.717) is 12.1 Å². The predicted molar refractivity (Wildman–Crippen MR) is 92.7 cm³/mol. The molecule has 0 aliphatic carbocycles. The Hall–Kier alpha value is -2.62. The van der Waals surface area contributed by atoms with Crippen LogP contribution >= 0.6 is 11.6 Å². The predicted octanol–water partition coefficient (Wildman–Crippen LogP) is 4.50. The first-order valence-corrected chi connectivity index (χ1v) is 8.23. The minimum absolute atomic E-state index is 0.00878. The SMILES string of the molecule is Cc1nn(CCCC(=O)Nc2cc(C(F)(F)F)ccc2Cl)c(C)c1[N+](=O)[O-]. The maximum absolute atomic E-state index is 12.7. The Morgan fingerprint density at radius 2 is 2.04 bits per heavy atom. The lowest BCUT2D eigenvalue weighted by Crippen LogP contribution is -2.14. The molecular formula is C16H16ClF3N4O3. The summed E-state index contributed by atoms with van der Waals surface area (Å²) < 4.78 is 39.7. The molecule has 0 bridgehead atoms. The minimum atomic E-state index is -4.55. The van der Waals surface area contributed by atoms with Crippen LogP contribution in [0, 0.1) is 24.0 Å². The molecule has 11 heteroatoms. The van der Waals surface area contributed by atoms with Gasteiger partial charge in [-0.2, -0.15) is 18.3 Å². The number of hydrogen-bond donors (Lipinski definition) is 1. The first-order valence-electron chi connectivity index (χ1n) is 7.85. The molecule has 1 heterocycles. The number of anilines is 1. The van der Waals surface area contributed by atoms with E-state index in [1.165, 1.54) is 11.6 Å². The quantitative estimate of drug-likeness (QED) is 0.567. The van der Waals surface area contributed by atoms with Gasteiger partial charge < -0.3 is 5.32 Å². The molecule has 0 unspecified atom stereocenters. The van der Waals surface area contributed by atoms with Gasteiger partial charge in [0.05, 0.1) is 21.2 Å². The van der Waals surface area contributed by atoms with Crippen molar-refractivity contribution < 1.29 is 22.9 Å². The number of hydrogen-bond acceptors (Lipinski definition) is 4. The average Bonchev–Trinajstić information content (AvgIpc) is 2.82. The van der Waals surface area contributed by atoms with Crippen LogP contribution in [0.25, 0.3) is 0 Å². The van der Waals surface area contributed by atoms with E-state index in [2.05, 4.69) is 10.4 Å². The number of alkyl halides is 3. The lowest BCUT2D eigenvalue weighted by atomic mass is 10.2. The van der Waals surface area contributed by atoms with Crippen molar-refractivity contribution in [1.29, 1.82) is 0 Å². The fraction of sp³-hybridized carbons (Fsp3) is 0.375. The molecule has 0 saturated carbocycles. The lowest BCUT2D eigenvalue weighted by Gasteiger charge is -2.11. The van der Waals surface area contributed by atoms with Gasteiger partial charge in [0.25, 0.3) is 0 Å². The van der Waals surface area contributed by atoms with Gasteiger partial charge in [0.2, 0.25) is 5.91 Å². The summed E-state index contributed by atoms with van der Waals surface area (Å²) in [5.41, 5.74) is -0.470. The first-order chi connectivity index (χ1) is 12.5. The highest BCUT2D eigenvalue weighted by molar-refractivity contribution is 6.33. The topological polar surface area (TPSA) is 90.1 Å². The number of benzene rings is 1. The number of aromatic nitrogens is 2. The Kier molecular flexibility index (Phi) is 6.09. The number of rotatable bonds is 6. The lowest BCUT2D eigenvalue weighted by molar-refractivity contribution is -0.386. The Balaban J connectivity index is 1.98. The van der Waals surface area contributed by atoms with Crippen LogP contribution in [0.4, 0.5) is 24.5 Å². The number of aryl methyl sites for hydroxylation is 2.